The largest absolute Gasteiger partial charge is 0.459 e. The summed E-state index contributed by atoms with van der Waals surface area (Å²) in [7, 11) is 0. The molecule has 0 atom stereocenters. The fourth-order valence-corrected chi connectivity index (χ4v) is 1.38. The summed E-state index contributed by atoms with van der Waals surface area (Å²) in [5.41, 5.74) is 2.81. The quantitative estimate of drug-likeness (QED) is 0.507. The fourth-order valence-electron chi connectivity index (χ4n) is 1.38. The first kappa shape index (κ1) is 14.2. The van der Waals surface area contributed by atoms with Crippen molar-refractivity contribution in [1.82, 2.24) is 0 Å². The first-order valence-corrected chi connectivity index (χ1v) is 6.10. The van der Waals surface area contributed by atoms with Crippen LogP contribution in [0.3, 0.4) is 0 Å². The van der Waals surface area contributed by atoms with Gasteiger partial charge in [-0.05, 0) is 43.5 Å². The van der Waals surface area contributed by atoms with Gasteiger partial charge >= 0.3 is 11.9 Å². The molecule has 98 valence electrons. The predicted octanol–water partition coefficient (Wildman–Crippen LogP) is 2.59. The van der Waals surface area contributed by atoms with Crippen molar-refractivity contribution < 1.29 is 14.3 Å². The number of unbranched alkanes of at least 4 members (excludes halogenated alkanes) is 1. The molecule has 0 saturated heterocycles. The molecule has 1 rings (SSSR count). The van der Waals surface area contributed by atoms with Crippen LogP contribution < -0.4 is 5.32 Å². The van der Waals surface area contributed by atoms with Gasteiger partial charge in [0.1, 0.15) is 0 Å². The number of benzene rings is 1. The molecular formula is C14H19NO3. The van der Waals surface area contributed by atoms with Gasteiger partial charge in [0.05, 0.1) is 6.61 Å². The number of aryl methyl sites for hydroxylation is 2. The smallest absolute Gasteiger partial charge is 0.397 e. The van der Waals surface area contributed by atoms with Gasteiger partial charge in [-0.15, -0.1) is 0 Å². The lowest BCUT2D eigenvalue weighted by Gasteiger charge is -2.07. The highest BCUT2D eigenvalue weighted by atomic mass is 16.5. The van der Waals surface area contributed by atoms with Crippen molar-refractivity contribution in [2.45, 2.75) is 33.6 Å². The van der Waals surface area contributed by atoms with Gasteiger partial charge in [-0.1, -0.05) is 19.4 Å². The molecule has 4 heteroatoms. The normalized spacial score (nSPS) is 9.94. The molecule has 0 aromatic heterocycles. The van der Waals surface area contributed by atoms with Crippen molar-refractivity contribution in [2.75, 3.05) is 11.9 Å². The number of hydrogen-bond acceptors (Lipinski definition) is 3. The van der Waals surface area contributed by atoms with E-state index in [9.17, 15) is 9.59 Å². The maximum Gasteiger partial charge on any atom is 0.397 e. The Labute approximate surface area is 107 Å². The minimum atomic E-state index is -0.832. The highest BCUT2D eigenvalue weighted by molar-refractivity contribution is 6.37. The lowest BCUT2D eigenvalue weighted by atomic mass is 10.1. The Morgan fingerprint density at radius 3 is 2.56 bits per heavy atom. The van der Waals surface area contributed by atoms with Crippen molar-refractivity contribution in [3.63, 3.8) is 0 Å². The summed E-state index contributed by atoms with van der Waals surface area (Å²) in [6.45, 7) is 6.21. The minimum Gasteiger partial charge on any atom is -0.459 e. The molecule has 0 radical (unpaired) electrons. The average molecular weight is 249 g/mol. The number of carbonyl (C=O) groups excluding carboxylic acids is 2. The molecule has 18 heavy (non-hydrogen) atoms. The van der Waals surface area contributed by atoms with E-state index < -0.39 is 11.9 Å². The molecule has 0 aliphatic heterocycles. The molecule has 0 unspecified atom stereocenters. The van der Waals surface area contributed by atoms with Crippen LogP contribution in [0.4, 0.5) is 5.69 Å². The first-order chi connectivity index (χ1) is 8.54. The predicted molar refractivity (Wildman–Crippen MR) is 70.4 cm³/mol. The van der Waals surface area contributed by atoms with Crippen LogP contribution in [0.1, 0.15) is 30.9 Å². The number of amides is 1. The van der Waals surface area contributed by atoms with Crippen LogP contribution in [0, 0.1) is 13.8 Å². The van der Waals surface area contributed by atoms with Gasteiger partial charge in [-0.3, -0.25) is 4.79 Å². The standard InChI is InChI=1S/C14H19NO3/c1-4-5-8-18-14(17)13(16)15-12-7-6-10(2)11(3)9-12/h6-7,9H,4-5,8H2,1-3H3,(H,15,16). The molecule has 0 saturated carbocycles. The molecule has 1 N–H and O–H groups in total. The van der Waals surface area contributed by atoms with E-state index in [0.29, 0.717) is 5.69 Å². The molecule has 1 amide bonds. The number of carbonyl (C=O) groups is 2. The molecular weight excluding hydrogens is 230 g/mol. The van der Waals surface area contributed by atoms with E-state index >= 15 is 0 Å². The molecule has 4 nitrogen and oxygen atoms in total. The van der Waals surface area contributed by atoms with E-state index in [1.54, 1.807) is 6.07 Å². The molecule has 0 spiro atoms. The van der Waals surface area contributed by atoms with E-state index in [2.05, 4.69) is 5.32 Å². The molecule has 0 heterocycles. The summed E-state index contributed by atoms with van der Waals surface area (Å²) >= 11 is 0. The first-order valence-electron chi connectivity index (χ1n) is 6.10. The van der Waals surface area contributed by atoms with Gasteiger partial charge in [-0.2, -0.15) is 0 Å². The van der Waals surface area contributed by atoms with Gasteiger partial charge in [0, 0.05) is 5.69 Å². The number of esters is 1. The number of anilines is 1. The zero-order valence-corrected chi connectivity index (χ0v) is 11.1. The lowest BCUT2D eigenvalue weighted by molar-refractivity contribution is -0.152. The number of ether oxygens (including phenoxy) is 1. The number of nitrogens with one attached hydrogen (secondary N) is 1. The lowest BCUT2D eigenvalue weighted by Crippen LogP contribution is -2.25. The summed E-state index contributed by atoms with van der Waals surface area (Å²) in [6, 6.07) is 5.49. The monoisotopic (exact) mass is 249 g/mol. The van der Waals surface area contributed by atoms with E-state index in [1.165, 1.54) is 0 Å². The van der Waals surface area contributed by atoms with Gasteiger partial charge in [-0.25, -0.2) is 4.79 Å². The van der Waals surface area contributed by atoms with Crippen LogP contribution in [0.2, 0.25) is 0 Å². The summed E-state index contributed by atoms with van der Waals surface area (Å²) in [6.07, 6.45) is 1.69. The molecule has 0 aliphatic rings. The van der Waals surface area contributed by atoms with E-state index in [4.69, 9.17) is 4.74 Å². The van der Waals surface area contributed by atoms with E-state index in [-0.39, 0.29) is 6.61 Å². The van der Waals surface area contributed by atoms with Crippen LogP contribution >= 0.6 is 0 Å². The van der Waals surface area contributed by atoms with Crippen molar-refractivity contribution >= 4 is 17.6 Å². The summed E-state index contributed by atoms with van der Waals surface area (Å²) in [4.78, 5) is 22.9. The number of rotatable bonds is 4. The van der Waals surface area contributed by atoms with Gasteiger partial charge < -0.3 is 10.1 Å². The third-order valence-electron chi connectivity index (χ3n) is 2.68. The van der Waals surface area contributed by atoms with Crippen molar-refractivity contribution in [3.05, 3.63) is 29.3 Å². The Morgan fingerprint density at radius 1 is 1.22 bits per heavy atom. The van der Waals surface area contributed by atoms with Gasteiger partial charge in [0.2, 0.25) is 0 Å². The molecule has 0 aliphatic carbocycles. The highest BCUT2D eigenvalue weighted by Gasteiger charge is 2.15. The highest BCUT2D eigenvalue weighted by Crippen LogP contribution is 2.14. The Hall–Kier alpha value is -1.84. The second-order valence-electron chi connectivity index (χ2n) is 4.24. The molecule has 0 bridgehead atoms. The maximum absolute atomic E-state index is 11.5. The Kier molecular flexibility index (Phi) is 5.36. The van der Waals surface area contributed by atoms with E-state index in [0.717, 1.165) is 24.0 Å². The fraction of sp³-hybridized carbons (Fsp3) is 0.429. The zero-order valence-electron chi connectivity index (χ0n) is 11.1. The van der Waals surface area contributed by atoms with Gasteiger partial charge in [0.15, 0.2) is 0 Å². The Bertz CT molecular complexity index is 441. The van der Waals surface area contributed by atoms with Crippen LogP contribution in [-0.2, 0) is 14.3 Å². The summed E-state index contributed by atoms with van der Waals surface area (Å²) in [5.74, 6) is -1.56. The van der Waals surface area contributed by atoms with Crippen molar-refractivity contribution in [2.24, 2.45) is 0 Å². The summed E-state index contributed by atoms with van der Waals surface area (Å²) in [5, 5.41) is 2.52. The summed E-state index contributed by atoms with van der Waals surface area (Å²) < 4.78 is 4.82. The zero-order chi connectivity index (χ0) is 13.5. The van der Waals surface area contributed by atoms with Crippen LogP contribution in [0.25, 0.3) is 0 Å². The van der Waals surface area contributed by atoms with Crippen LogP contribution in [-0.4, -0.2) is 18.5 Å². The Morgan fingerprint density at radius 2 is 1.94 bits per heavy atom. The second kappa shape index (κ2) is 6.79. The van der Waals surface area contributed by atoms with Crippen LogP contribution in [0.15, 0.2) is 18.2 Å². The molecule has 1 aromatic rings. The van der Waals surface area contributed by atoms with Crippen molar-refractivity contribution in [3.8, 4) is 0 Å². The average Bonchev–Trinajstić information content (AvgIpc) is 2.34. The third-order valence-corrected chi connectivity index (χ3v) is 2.68. The second-order valence-corrected chi connectivity index (χ2v) is 4.24. The Balaban J connectivity index is 2.53. The van der Waals surface area contributed by atoms with Crippen molar-refractivity contribution in [1.29, 1.82) is 0 Å². The minimum absolute atomic E-state index is 0.287. The van der Waals surface area contributed by atoms with E-state index in [1.807, 2.05) is 32.9 Å². The SMILES string of the molecule is CCCCOC(=O)C(=O)Nc1ccc(C)c(C)c1. The van der Waals surface area contributed by atoms with Crippen LogP contribution in [0.5, 0.6) is 0 Å². The molecule has 1 aromatic carbocycles. The van der Waals surface area contributed by atoms with Gasteiger partial charge in [0.25, 0.3) is 0 Å². The number of hydrogen-bond donors (Lipinski definition) is 1. The maximum atomic E-state index is 11.5. The topological polar surface area (TPSA) is 55.4 Å². The third kappa shape index (κ3) is 4.20. The molecule has 0 fully saturated rings.